The third-order valence-electron chi connectivity index (χ3n) is 1.96. The molecule has 2 nitrogen and oxygen atoms in total. The van der Waals surface area contributed by atoms with Crippen LogP contribution in [0.3, 0.4) is 0 Å². The number of alkyl halides is 2. The smallest absolute Gasteiger partial charge is 0.0755 e. The highest BCUT2D eigenvalue weighted by molar-refractivity contribution is 6.30. The molecule has 0 fully saturated rings. The summed E-state index contributed by atoms with van der Waals surface area (Å²) < 4.78 is 5.38. The van der Waals surface area contributed by atoms with E-state index in [-0.39, 0.29) is 12.0 Å². The molecular formula is C11H14Cl2O2. The molecule has 1 rings (SSSR count). The topological polar surface area (TPSA) is 29.5 Å². The maximum Gasteiger partial charge on any atom is 0.0755 e. The van der Waals surface area contributed by atoms with Crippen molar-refractivity contribution < 1.29 is 9.84 Å². The molecule has 0 unspecified atom stereocenters. The quantitative estimate of drug-likeness (QED) is 0.784. The minimum atomic E-state index is -0.456. The molecule has 0 aliphatic carbocycles. The first-order chi connectivity index (χ1) is 7.24. The van der Waals surface area contributed by atoms with Crippen LogP contribution in [-0.4, -0.2) is 29.1 Å². The Balaban J connectivity index is 2.22. The highest BCUT2D eigenvalue weighted by atomic mass is 35.5. The summed E-state index contributed by atoms with van der Waals surface area (Å²) in [5, 5.41) is 7.93. The number of aliphatic hydroxyl groups is 1. The van der Waals surface area contributed by atoms with Crippen LogP contribution in [0.1, 0.15) is 5.56 Å². The number of hydrogen-bond acceptors (Lipinski definition) is 2. The lowest BCUT2D eigenvalue weighted by molar-refractivity contribution is 0.116. The van der Waals surface area contributed by atoms with Gasteiger partial charge in [-0.05, 0) is 5.56 Å². The van der Waals surface area contributed by atoms with E-state index in [9.17, 15) is 0 Å². The molecule has 0 aliphatic heterocycles. The monoisotopic (exact) mass is 248 g/mol. The predicted molar refractivity (Wildman–Crippen MR) is 62.5 cm³/mol. The lowest BCUT2D eigenvalue weighted by Gasteiger charge is -2.13. The number of ether oxygens (including phenoxy) is 1. The van der Waals surface area contributed by atoms with Gasteiger partial charge in [0.2, 0.25) is 0 Å². The van der Waals surface area contributed by atoms with E-state index in [1.165, 1.54) is 0 Å². The van der Waals surface area contributed by atoms with Crippen LogP contribution in [0.25, 0.3) is 0 Å². The molecule has 4 heteroatoms. The molecule has 0 radical (unpaired) electrons. The molecular weight excluding hydrogens is 235 g/mol. The summed E-state index contributed by atoms with van der Waals surface area (Å²) in [7, 11) is 0. The Kier molecular flexibility index (Phi) is 6.03. The summed E-state index contributed by atoms with van der Waals surface area (Å²) >= 11 is 11.6. The van der Waals surface area contributed by atoms with E-state index in [2.05, 4.69) is 0 Å². The Morgan fingerprint density at radius 2 is 1.80 bits per heavy atom. The minimum Gasteiger partial charge on any atom is -0.395 e. The van der Waals surface area contributed by atoms with Crippen molar-refractivity contribution in [1.29, 1.82) is 0 Å². The van der Waals surface area contributed by atoms with Crippen LogP contribution in [0.5, 0.6) is 0 Å². The molecule has 2 atom stereocenters. The van der Waals surface area contributed by atoms with Crippen molar-refractivity contribution >= 4 is 23.2 Å². The van der Waals surface area contributed by atoms with Gasteiger partial charge < -0.3 is 9.84 Å². The SMILES string of the molecule is OC[C@@H](Cl)[C@@H](Cl)COCc1ccccc1. The molecule has 0 saturated heterocycles. The average molecular weight is 249 g/mol. The van der Waals surface area contributed by atoms with Crippen molar-refractivity contribution in [3.63, 3.8) is 0 Å². The molecule has 0 spiro atoms. The van der Waals surface area contributed by atoms with Crippen LogP contribution >= 0.6 is 23.2 Å². The summed E-state index contributed by atoms with van der Waals surface area (Å²) in [6.45, 7) is 0.717. The van der Waals surface area contributed by atoms with E-state index in [1.54, 1.807) is 0 Å². The lowest BCUT2D eigenvalue weighted by Crippen LogP contribution is -2.24. The number of halogens is 2. The minimum absolute atomic E-state index is 0.135. The summed E-state index contributed by atoms with van der Waals surface area (Å²) in [4.78, 5) is 0. The first-order valence-corrected chi connectivity index (χ1v) is 5.62. The summed E-state index contributed by atoms with van der Waals surface area (Å²) in [5.41, 5.74) is 1.09. The molecule has 1 aromatic carbocycles. The van der Waals surface area contributed by atoms with E-state index in [0.717, 1.165) is 5.56 Å². The largest absolute Gasteiger partial charge is 0.395 e. The van der Waals surface area contributed by atoms with Crippen molar-refractivity contribution in [1.82, 2.24) is 0 Å². The van der Waals surface area contributed by atoms with Gasteiger partial charge in [-0.1, -0.05) is 30.3 Å². The van der Waals surface area contributed by atoms with Crippen LogP contribution in [0.2, 0.25) is 0 Å². The molecule has 0 aliphatic rings. The molecule has 84 valence electrons. The third-order valence-corrected chi connectivity index (χ3v) is 2.96. The maximum atomic E-state index is 8.75. The van der Waals surface area contributed by atoms with E-state index < -0.39 is 5.38 Å². The fraction of sp³-hybridized carbons (Fsp3) is 0.455. The van der Waals surface area contributed by atoms with Crippen LogP contribution in [0.4, 0.5) is 0 Å². The fourth-order valence-corrected chi connectivity index (χ4v) is 1.32. The van der Waals surface area contributed by atoms with Crippen LogP contribution < -0.4 is 0 Å². The van der Waals surface area contributed by atoms with Gasteiger partial charge in [0.1, 0.15) is 0 Å². The van der Waals surface area contributed by atoms with Gasteiger partial charge in [-0.3, -0.25) is 0 Å². The van der Waals surface area contributed by atoms with Gasteiger partial charge >= 0.3 is 0 Å². The molecule has 1 N–H and O–H groups in total. The van der Waals surface area contributed by atoms with Crippen molar-refractivity contribution in [2.75, 3.05) is 13.2 Å². The zero-order valence-electron chi connectivity index (χ0n) is 8.27. The number of benzene rings is 1. The Morgan fingerprint density at radius 3 is 2.40 bits per heavy atom. The van der Waals surface area contributed by atoms with Gasteiger partial charge in [0.15, 0.2) is 0 Å². The Bertz CT molecular complexity index is 267. The van der Waals surface area contributed by atoms with Crippen molar-refractivity contribution in [2.24, 2.45) is 0 Å². The summed E-state index contributed by atoms with van der Waals surface area (Å²) in [6.07, 6.45) is 0. The molecule has 0 saturated carbocycles. The predicted octanol–water partition coefficient (Wildman–Crippen LogP) is 2.41. The van der Waals surface area contributed by atoms with Crippen LogP contribution in [0, 0.1) is 0 Å². The molecule has 0 aromatic heterocycles. The van der Waals surface area contributed by atoms with Crippen molar-refractivity contribution in [3.05, 3.63) is 35.9 Å². The highest BCUT2D eigenvalue weighted by Gasteiger charge is 2.15. The first kappa shape index (κ1) is 12.8. The second-order valence-corrected chi connectivity index (χ2v) is 4.34. The van der Waals surface area contributed by atoms with Gasteiger partial charge in [0, 0.05) is 0 Å². The average Bonchev–Trinajstić information content (AvgIpc) is 2.29. The Morgan fingerprint density at radius 1 is 1.13 bits per heavy atom. The normalized spacial score (nSPS) is 14.9. The Hall–Kier alpha value is -0.280. The second kappa shape index (κ2) is 7.07. The lowest BCUT2D eigenvalue weighted by atomic mass is 10.2. The van der Waals surface area contributed by atoms with Crippen LogP contribution in [-0.2, 0) is 11.3 Å². The third kappa shape index (κ3) is 4.85. The fourth-order valence-electron chi connectivity index (χ4n) is 1.08. The number of hydrogen-bond donors (Lipinski definition) is 1. The van der Waals surface area contributed by atoms with E-state index in [0.29, 0.717) is 13.2 Å². The van der Waals surface area contributed by atoms with Crippen molar-refractivity contribution in [3.8, 4) is 0 Å². The van der Waals surface area contributed by atoms with E-state index in [1.807, 2.05) is 30.3 Å². The van der Waals surface area contributed by atoms with E-state index >= 15 is 0 Å². The zero-order chi connectivity index (χ0) is 11.1. The van der Waals surface area contributed by atoms with Gasteiger partial charge in [-0.2, -0.15) is 0 Å². The van der Waals surface area contributed by atoms with Crippen LogP contribution in [0.15, 0.2) is 30.3 Å². The summed E-state index contributed by atoms with van der Waals surface area (Å²) in [5.74, 6) is 0. The standard InChI is InChI=1S/C11H14Cl2O2/c12-10(6-14)11(13)8-15-7-9-4-2-1-3-5-9/h1-5,10-11,14H,6-8H2/t10-,11+/m1/s1. The van der Waals surface area contributed by atoms with E-state index in [4.69, 9.17) is 33.0 Å². The maximum absolute atomic E-state index is 8.75. The zero-order valence-corrected chi connectivity index (χ0v) is 9.79. The van der Waals surface area contributed by atoms with Crippen molar-refractivity contribution in [2.45, 2.75) is 17.4 Å². The summed E-state index contributed by atoms with van der Waals surface area (Å²) in [6, 6.07) is 9.82. The van der Waals surface area contributed by atoms with Gasteiger partial charge in [-0.15, -0.1) is 23.2 Å². The molecule has 15 heavy (non-hydrogen) atoms. The number of aliphatic hydroxyl groups excluding tert-OH is 1. The molecule has 0 amide bonds. The second-order valence-electron chi connectivity index (χ2n) is 3.22. The van der Waals surface area contributed by atoms with Gasteiger partial charge in [0.05, 0.1) is 30.6 Å². The van der Waals surface area contributed by atoms with Gasteiger partial charge in [-0.25, -0.2) is 0 Å². The highest BCUT2D eigenvalue weighted by Crippen LogP contribution is 2.11. The number of rotatable bonds is 6. The Labute approximate surface area is 99.8 Å². The van der Waals surface area contributed by atoms with Gasteiger partial charge in [0.25, 0.3) is 0 Å². The molecule has 0 heterocycles. The first-order valence-electron chi connectivity index (χ1n) is 4.74. The molecule has 0 bridgehead atoms. The molecule has 1 aromatic rings.